The Morgan fingerprint density at radius 1 is 1.28 bits per heavy atom. The van der Waals surface area contributed by atoms with E-state index < -0.39 is 0 Å². The highest BCUT2D eigenvalue weighted by molar-refractivity contribution is 7.17. The third-order valence-corrected chi connectivity index (χ3v) is 3.67. The molecule has 18 heavy (non-hydrogen) atoms. The van der Waals surface area contributed by atoms with E-state index >= 15 is 0 Å². The summed E-state index contributed by atoms with van der Waals surface area (Å²) in [4.78, 5) is 12.4. The molecule has 0 saturated heterocycles. The number of fused-ring (bicyclic) bond motifs is 1. The molecule has 0 radical (unpaired) electrons. The topological polar surface area (TPSA) is 47.9 Å². The number of halogens is 1. The highest BCUT2D eigenvalue weighted by atomic mass is 35.5. The third-order valence-electron chi connectivity index (χ3n) is 2.39. The molecule has 0 unspecified atom stereocenters. The molecule has 0 aliphatic heterocycles. The van der Waals surface area contributed by atoms with Crippen molar-refractivity contribution in [3.63, 3.8) is 0 Å². The zero-order valence-electron chi connectivity index (χ0n) is 9.42. The van der Waals surface area contributed by atoms with Gasteiger partial charge in [0.05, 0.1) is 16.7 Å². The van der Waals surface area contributed by atoms with E-state index in [-0.39, 0.29) is 0 Å². The van der Waals surface area contributed by atoms with Crippen LogP contribution in [0.1, 0.15) is 5.56 Å². The Morgan fingerprint density at radius 3 is 3.00 bits per heavy atom. The van der Waals surface area contributed by atoms with Crippen molar-refractivity contribution in [2.24, 2.45) is 0 Å². The van der Waals surface area contributed by atoms with E-state index in [1.807, 2.05) is 12.3 Å². The summed E-state index contributed by atoms with van der Waals surface area (Å²) in [5.74, 6) is 1.09. The van der Waals surface area contributed by atoms with Gasteiger partial charge < -0.3 is 4.74 Å². The van der Waals surface area contributed by atoms with Gasteiger partial charge in [0.2, 0.25) is 5.88 Å². The van der Waals surface area contributed by atoms with Gasteiger partial charge in [-0.15, -0.1) is 11.3 Å². The molecule has 3 aromatic rings. The van der Waals surface area contributed by atoms with Gasteiger partial charge in [-0.25, -0.2) is 9.97 Å². The number of rotatable bonds is 2. The first-order chi connectivity index (χ1) is 8.74. The summed E-state index contributed by atoms with van der Waals surface area (Å²) in [6.45, 7) is 2.01. The number of hydrogen-bond donors (Lipinski definition) is 0. The monoisotopic (exact) mass is 277 g/mol. The molecule has 90 valence electrons. The van der Waals surface area contributed by atoms with E-state index in [1.165, 1.54) is 6.33 Å². The molecule has 0 saturated carbocycles. The van der Waals surface area contributed by atoms with Gasteiger partial charge in [0, 0.05) is 12.3 Å². The van der Waals surface area contributed by atoms with Crippen molar-refractivity contribution in [2.75, 3.05) is 0 Å². The lowest BCUT2D eigenvalue weighted by Crippen LogP contribution is -1.90. The normalized spacial score (nSPS) is 10.8. The molecule has 0 fully saturated rings. The van der Waals surface area contributed by atoms with E-state index in [4.69, 9.17) is 16.3 Å². The van der Waals surface area contributed by atoms with E-state index in [2.05, 4.69) is 15.0 Å². The number of thiophene rings is 1. The van der Waals surface area contributed by atoms with E-state index in [0.717, 1.165) is 15.8 Å². The maximum atomic E-state index is 5.86. The first kappa shape index (κ1) is 11.4. The Bertz CT molecular complexity index is 713. The van der Waals surface area contributed by atoms with Gasteiger partial charge in [-0.2, -0.15) is 0 Å². The predicted molar refractivity (Wildman–Crippen MR) is 71.5 cm³/mol. The van der Waals surface area contributed by atoms with Crippen LogP contribution < -0.4 is 4.74 Å². The van der Waals surface area contributed by atoms with E-state index in [1.54, 1.807) is 29.8 Å². The number of nitrogens with zero attached hydrogens (tertiary/aromatic N) is 3. The lowest BCUT2D eigenvalue weighted by atomic mass is 10.3. The van der Waals surface area contributed by atoms with Crippen LogP contribution >= 0.6 is 22.9 Å². The first-order valence-corrected chi connectivity index (χ1v) is 6.47. The van der Waals surface area contributed by atoms with Crippen LogP contribution in [0.25, 0.3) is 10.2 Å². The number of ether oxygens (including phenoxy) is 1. The van der Waals surface area contributed by atoms with Crippen molar-refractivity contribution in [3.8, 4) is 11.6 Å². The molecule has 3 aromatic heterocycles. The van der Waals surface area contributed by atoms with E-state index in [0.29, 0.717) is 16.7 Å². The molecule has 0 aromatic carbocycles. The second-order valence-corrected chi connectivity index (χ2v) is 5.03. The largest absolute Gasteiger partial charge is 0.436 e. The Labute approximate surface area is 112 Å². The summed E-state index contributed by atoms with van der Waals surface area (Å²) in [7, 11) is 0. The molecule has 0 spiro atoms. The van der Waals surface area contributed by atoms with Gasteiger partial charge in [0.1, 0.15) is 16.8 Å². The molecule has 0 atom stereocenters. The SMILES string of the molecule is Cc1csc2c(Oc3cncc(Cl)c3)ncnc12. The van der Waals surface area contributed by atoms with Crippen LogP contribution in [0.3, 0.4) is 0 Å². The molecule has 0 aliphatic carbocycles. The van der Waals surface area contributed by atoms with Crippen molar-refractivity contribution in [3.05, 3.63) is 40.8 Å². The molecule has 3 rings (SSSR count). The van der Waals surface area contributed by atoms with Gasteiger partial charge in [-0.05, 0) is 17.9 Å². The summed E-state index contributed by atoms with van der Waals surface area (Å²) in [6.07, 6.45) is 4.65. The number of aromatic nitrogens is 3. The smallest absolute Gasteiger partial charge is 0.240 e. The fourth-order valence-electron chi connectivity index (χ4n) is 1.58. The minimum Gasteiger partial charge on any atom is -0.436 e. The van der Waals surface area contributed by atoms with Crippen LogP contribution in [0.2, 0.25) is 5.02 Å². The molecule has 4 nitrogen and oxygen atoms in total. The Balaban J connectivity index is 2.05. The summed E-state index contributed by atoms with van der Waals surface area (Å²) >= 11 is 7.42. The maximum absolute atomic E-state index is 5.86. The van der Waals surface area contributed by atoms with Crippen molar-refractivity contribution < 1.29 is 4.74 Å². The third kappa shape index (κ3) is 2.02. The van der Waals surface area contributed by atoms with Gasteiger partial charge in [-0.1, -0.05) is 11.6 Å². The predicted octanol–water partition coefficient (Wildman–Crippen LogP) is 3.84. The zero-order chi connectivity index (χ0) is 12.5. The second kappa shape index (κ2) is 4.51. The molecule has 3 heterocycles. The average Bonchev–Trinajstić information content (AvgIpc) is 2.73. The molecule has 0 amide bonds. The summed E-state index contributed by atoms with van der Waals surface area (Å²) in [5.41, 5.74) is 2.03. The van der Waals surface area contributed by atoms with E-state index in [9.17, 15) is 0 Å². The van der Waals surface area contributed by atoms with Gasteiger partial charge >= 0.3 is 0 Å². The Kier molecular flexibility index (Phi) is 2.85. The second-order valence-electron chi connectivity index (χ2n) is 3.72. The van der Waals surface area contributed by atoms with Crippen LogP contribution in [0, 0.1) is 6.92 Å². The summed E-state index contributed by atoms with van der Waals surface area (Å²) in [6, 6.07) is 1.70. The van der Waals surface area contributed by atoms with Crippen LogP contribution in [-0.4, -0.2) is 15.0 Å². The van der Waals surface area contributed by atoms with Crippen molar-refractivity contribution >= 4 is 33.2 Å². The van der Waals surface area contributed by atoms with Gasteiger partial charge in [0.25, 0.3) is 0 Å². The Hall–Kier alpha value is -1.72. The zero-order valence-corrected chi connectivity index (χ0v) is 11.0. The molecular formula is C12H8ClN3OS. The van der Waals surface area contributed by atoms with Crippen LogP contribution in [0.4, 0.5) is 0 Å². The number of pyridine rings is 1. The minimum atomic E-state index is 0.528. The van der Waals surface area contributed by atoms with Crippen LogP contribution in [-0.2, 0) is 0 Å². The Morgan fingerprint density at radius 2 is 2.17 bits per heavy atom. The van der Waals surface area contributed by atoms with Gasteiger partial charge in [0.15, 0.2) is 0 Å². The quantitative estimate of drug-likeness (QED) is 0.714. The van der Waals surface area contributed by atoms with Crippen molar-refractivity contribution in [1.29, 1.82) is 0 Å². The first-order valence-electron chi connectivity index (χ1n) is 5.21. The van der Waals surface area contributed by atoms with Crippen LogP contribution in [0.5, 0.6) is 11.6 Å². The maximum Gasteiger partial charge on any atom is 0.240 e. The molecular weight excluding hydrogens is 270 g/mol. The van der Waals surface area contributed by atoms with Gasteiger partial charge in [-0.3, -0.25) is 4.98 Å². The summed E-state index contributed by atoms with van der Waals surface area (Å²) in [5, 5.41) is 2.56. The van der Waals surface area contributed by atoms with Crippen LogP contribution in [0.15, 0.2) is 30.2 Å². The molecule has 6 heteroatoms. The van der Waals surface area contributed by atoms with Crippen molar-refractivity contribution in [1.82, 2.24) is 15.0 Å². The fraction of sp³-hybridized carbons (Fsp3) is 0.0833. The standard InChI is InChI=1S/C12H8ClN3OS/c1-7-5-18-11-10(7)15-6-16-12(11)17-9-2-8(13)3-14-4-9/h2-6H,1H3. The fourth-order valence-corrected chi connectivity index (χ4v) is 2.67. The number of hydrogen-bond acceptors (Lipinski definition) is 5. The molecule has 0 bridgehead atoms. The van der Waals surface area contributed by atoms with Crippen molar-refractivity contribution in [2.45, 2.75) is 6.92 Å². The lowest BCUT2D eigenvalue weighted by molar-refractivity contribution is 0.467. The highest BCUT2D eigenvalue weighted by Gasteiger charge is 2.10. The summed E-state index contributed by atoms with van der Waals surface area (Å²) < 4.78 is 6.62. The molecule has 0 N–H and O–H groups in total. The highest BCUT2D eigenvalue weighted by Crippen LogP contribution is 2.32. The minimum absolute atomic E-state index is 0.528. The average molecular weight is 278 g/mol. The lowest BCUT2D eigenvalue weighted by Gasteiger charge is -2.04. The number of aryl methyl sites for hydroxylation is 1. The molecule has 0 aliphatic rings.